The van der Waals surface area contributed by atoms with Crippen LogP contribution in [0.1, 0.15) is 28.7 Å². The molecule has 0 radical (unpaired) electrons. The fourth-order valence-electron chi connectivity index (χ4n) is 2.21. The standard InChI is InChI=1S/C15H18ClN5O3S/c1-4-10-13(16)21-15(12(20-10)14(17)22)19-9-5-6-11(8(2)7-9)25(23,24)18-3/h5-7,18H,4H2,1-3H3,(H2,17,22)(H,19,21). The van der Waals surface area contributed by atoms with E-state index in [2.05, 4.69) is 20.0 Å². The Morgan fingerprint density at radius 1 is 1.32 bits per heavy atom. The number of nitrogens with two attached hydrogens (primary N) is 1. The number of carbonyl (C=O) groups is 1. The number of hydrogen-bond donors (Lipinski definition) is 3. The van der Waals surface area contributed by atoms with Gasteiger partial charge in [0, 0.05) is 5.69 Å². The topological polar surface area (TPSA) is 127 Å². The fourth-order valence-corrected chi connectivity index (χ4v) is 3.42. The maximum atomic E-state index is 11.9. The van der Waals surface area contributed by atoms with Crippen LogP contribution in [0.4, 0.5) is 11.5 Å². The Bertz CT molecular complexity index is 931. The first-order valence-corrected chi connectivity index (χ1v) is 9.23. The third kappa shape index (κ3) is 4.06. The zero-order valence-electron chi connectivity index (χ0n) is 13.9. The van der Waals surface area contributed by atoms with E-state index in [1.54, 1.807) is 19.1 Å². The van der Waals surface area contributed by atoms with Crippen LogP contribution in [0, 0.1) is 6.92 Å². The molecule has 0 saturated heterocycles. The van der Waals surface area contributed by atoms with Gasteiger partial charge in [-0.1, -0.05) is 18.5 Å². The van der Waals surface area contributed by atoms with E-state index in [0.29, 0.717) is 23.4 Å². The van der Waals surface area contributed by atoms with Crippen LogP contribution < -0.4 is 15.8 Å². The number of nitrogens with zero attached hydrogens (tertiary/aromatic N) is 2. The number of amides is 1. The number of sulfonamides is 1. The molecular formula is C15H18ClN5O3S. The second-order valence-electron chi connectivity index (χ2n) is 5.19. The van der Waals surface area contributed by atoms with Crippen molar-refractivity contribution in [3.05, 3.63) is 40.3 Å². The molecule has 134 valence electrons. The van der Waals surface area contributed by atoms with E-state index in [9.17, 15) is 13.2 Å². The molecule has 2 rings (SSSR count). The Balaban J connectivity index is 2.45. The Hall–Kier alpha value is -2.23. The molecule has 0 aliphatic rings. The summed E-state index contributed by atoms with van der Waals surface area (Å²) in [5.41, 5.74) is 6.82. The lowest BCUT2D eigenvalue weighted by Gasteiger charge is -2.13. The van der Waals surface area contributed by atoms with Crippen LogP contribution in [-0.4, -0.2) is 31.3 Å². The number of rotatable bonds is 6. The van der Waals surface area contributed by atoms with Crippen LogP contribution in [-0.2, 0) is 16.4 Å². The molecule has 8 nitrogen and oxygen atoms in total. The first-order chi connectivity index (χ1) is 11.7. The van der Waals surface area contributed by atoms with Crippen LogP contribution in [0.15, 0.2) is 23.1 Å². The third-order valence-electron chi connectivity index (χ3n) is 3.48. The van der Waals surface area contributed by atoms with Crippen LogP contribution in [0.3, 0.4) is 0 Å². The maximum Gasteiger partial charge on any atom is 0.271 e. The number of anilines is 2. The number of hydrogen-bond acceptors (Lipinski definition) is 6. The molecule has 4 N–H and O–H groups in total. The Morgan fingerprint density at radius 2 is 2.00 bits per heavy atom. The molecule has 10 heteroatoms. The largest absolute Gasteiger partial charge is 0.364 e. The zero-order valence-corrected chi connectivity index (χ0v) is 15.5. The van der Waals surface area contributed by atoms with Crippen molar-refractivity contribution in [3.63, 3.8) is 0 Å². The van der Waals surface area contributed by atoms with E-state index in [1.807, 2.05) is 6.92 Å². The van der Waals surface area contributed by atoms with Gasteiger partial charge in [0.1, 0.15) is 0 Å². The molecule has 0 atom stereocenters. The number of halogens is 1. The summed E-state index contributed by atoms with van der Waals surface area (Å²) in [5, 5.41) is 3.08. The van der Waals surface area contributed by atoms with Crippen molar-refractivity contribution in [2.75, 3.05) is 12.4 Å². The molecule has 0 aliphatic carbocycles. The van der Waals surface area contributed by atoms with Crippen molar-refractivity contribution >= 4 is 39.0 Å². The molecule has 1 aromatic heterocycles. The highest BCUT2D eigenvalue weighted by atomic mass is 35.5. The highest BCUT2D eigenvalue weighted by Gasteiger charge is 2.18. The lowest BCUT2D eigenvalue weighted by Crippen LogP contribution is -2.20. The minimum Gasteiger partial charge on any atom is -0.364 e. The van der Waals surface area contributed by atoms with Crippen molar-refractivity contribution < 1.29 is 13.2 Å². The summed E-state index contributed by atoms with van der Waals surface area (Å²) in [5.74, 6) is -0.634. The minimum atomic E-state index is -3.56. The predicted molar refractivity (Wildman–Crippen MR) is 95.6 cm³/mol. The van der Waals surface area contributed by atoms with Gasteiger partial charge < -0.3 is 11.1 Å². The predicted octanol–water partition coefficient (Wildman–Crippen LogP) is 1.75. The highest BCUT2D eigenvalue weighted by Crippen LogP contribution is 2.25. The second-order valence-corrected chi connectivity index (χ2v) is 7.40. The average molecular weight is 384 g/mol. The molecule has 0 fully saturated rings. The molecule has 1 heterocycles. The summed E-state index contributed by atoms with van der Waals surface area (Å²) >= 11 is 6.05. The number of aromatic nitrogens is 2. The molecule has 1 aromatic carbocycles. The number of carbonyl (C=O) groups excluding carboxylic acids is 1. The van der Waals surface area contributed by atoms with Gasteiger partial charge in [0.25, 0.3) is 5.91 Å². The summed E-state index contributed by atoms with van der Waals surface area (Å²) in [7, 11) is -2.22. The van der Waals surface area contributed by atoms with E-state index in [0.717, 1.165) is 0 Å². The quantitative estimate of drug-likeness (QED) is 0.697. The van der Waals surface area contributed by atoms with Crippen molar-refractivity contribution in [1.29, 1.82) is 0 Å². The van der Waals surface area contributed by atoms with Gasteiger partial charge in [-0.2, -0.15) is 0 Å². The summed E-state index contributed by atoms with van der Waals surface area (Å²) in [6, 6.07) is 4.60. The minimum absolute atomic E-state index is 0.0363. The normalized spacial score (nSPS) is 11.4. The van der Waals surface area contributed by atoms with Gasteiger partial charge in [-0.3, -0.25) is 4.79 Å². The lowest BCUT2D eigenvalue weighted by atomic mass is 10.2. The summed E-state index contributed by atoms with van der Waals surface area (Å²) < 4.78 is 26.1. The van der Waals surface area contributed by atoms with Gasteiger partial charge in [-0.25, -0.2) is 23.1 Å². The number of nitrogens with one attached hydrogen (secondary N) is 2. The number of primary amides is 1. The fraction of sp³-hybridized carbons (Fsp3) is 0.267. The molecule has 25 heavy (non-hydrogen) atoms. The van der Waals surface area contributed by atoms with E-state index < -0.39 is 15.9 Å². The smallest absolute Gasteiger partial charge is 0.271 e. The average Bonchev–Trinajstić information content (AvgIpc) is 2.54. The molecule has 0 saturated carbocycles. The van der Waals surface area contributed by atoms with Crippen LogP contribution in [0.25, 0.3) is 0 Å². The zero-order chi connectivity index (χ0) is 18.8. The Labute approximate surface area is 150 Å². The molecule has 0 unspecified atom stereocenters. The first-order valence-electron chi connectivity index (χ1n) is 7.37. The van der Waals surface area contributed by atoms with E-state index in [1.165, 1.54) is 13.1 Å². The van der Waals surface area contributed by atoms with E-state index in [-0.39, 0.29) is 21.6 Å². The second kappa shape index (κ2) is 7.34. The van der Waals surface area contributed by atoms with Crippen LogP contribution in [0.2, 0.25) is 5.15 Å². The van der Waals surface area contributed by atoms with Crippen molar-refractivity contribution in [3.8, 4) is 0 Å². The van der Waals surface area contributed by atoms with Crippen molar-refractivity contribution in [1.82, 2.24) is 14.7 Å². The summed E-state index contributed by atoms with van der Waals surface area (Å²) in [6.45, 7) is 3.49. The molecule has 1 amide bonds. The number of benzene rings is 1. The molecule has 2 aromatic rings. The van der Waals surface area contributed by atoms with Crippen LogP contribution in [0.5, 0.6) is 0 Å². The van der Waals surface area contributed by atoms with E-state index in [4.69, 9.17) is 17.3 Å². The van der Waals surface area contributed by atoms with Gasteiger partial charge in [-0.15, -0.1) is 0 Å². The lowest BCUT2D eigenvalue weighted by molar-refractivity contribution is 0.0996. The van der Waals surface area contributed by atoms with E-state index >= 15 is 0 Å². The van der Waals surface area contributed by atoms with Crippen molar-refractivity contribution in [2.45, 2.75) is 25.2 Å². The SMILES string of the molecule is CCc1nc(C(N)=O)c(Nc2ccc(S(=O)(=O)NC)c(C)c2)nc1Cl. The molecule has 0 spiro atoms. The van der Waals surface area contributed by atoms with Crippen molar-refractivity contribution in [2.24, 2.45) is 5.73 Å². The Kier molecular flexibility index (Phi) is 5.61. The molecular weight excluding hydrogens is 366 g/mol. The molecule has 0 bridgehead atoms. The Morgan fingerprint density at radius 3 is 2.52 bits per heavy atom. The van der Waals surface area contributed by atoms with Gasteiger partial charge in [0.15, 0.2) is 16.7 Å². The highest BCUT2D eigenvalue weighted by molar-refractivity contribution is 7.89. The summed E-state index contributed by atoms with van der Waals surface area (Å²) in [4.78, 5) is 20.1. The van der Waals surface area contributed by atoms with Gasteiger partial charge in [0.2, 0.25) is 10.0 Å². The molecule has 0 aliphatic heterocycles. The first kappa shape index (κ1) is 19.1. The van der Waals surface area contributed by atoms with Crippen LogP contribution >= 0.6 is 11.6 Å². The number of aryl methyl sites for hydroxylation is 2. The van der Waals surface area contributed by atoms with Gasteiger partial charge in [-0.05, 0) is 44.2 Å². The van der Waals surface area contributed by atoms with Gasteiger partial charge >= 0.3 is 0 Å². The third-order valence-corrected chi connectivity index (χ3v) is 5.36. The monoisotopic (exact) mass is 383 g/mol. The maximum absolute atomic E-state index is 11.9. The summed E-state index contributed by atoms with van der Waals surface area (Å²) in [6.07, 6.45) is 0.502. The van der Waals surface area contributed by atoms with Gasteiger partial charge in [0.05, 0.1) is 10.6 Å².